The van der Waals surface area contributed by atoms with Crippen LogP contribution in [0.3, 0.4) is 0 Å². The molecule has 9 nitrogen and oxygen atoms in total. The maximum absolute atomic E-state index is 12.6. The Balaban J connectivity index is 2.60. The van der Waals surface area contributed by atoms with Gasteiger partial charge in [-0.25, -0.2) is 8.42 Å². The lowest BCUT2D eigenvalue weighted by atomic mass is 10.2. The normalized spacial score (nSPS) is 18.8. The first-order chi connectivity index (χ1) is 10.3. The van der Waals surface area contributed by atoms with Crippen LogP contribution in [0, 0.1) is 21.4 Å². The Morgan fingerprint density at radius 3 is 2.73 bits per heavy atom. The molecule has 1 unspecified atom stereocenters. The number of aliphatic carboxylic acids is 1. The second-order valence-corrected chi connectivity index (χ2v) is 6.49. The van der Waals surface area contributed by atoms with E-state index in [1.54, 1.807) is 0 Å². The van der Waals surface area contributed by atoms with Crippen molar-refractivity contribution >= 4 is 21.7 Å². The highest BCUT2D eigenvalue weighted by molar-refractivity contribution is 7.89. The molecule has 116 valence electrons. The van der Waals surface area contributed by atoms with E-state index in [2.05, 4.69) is 0 Å². The highest BCUT2D eigenvalue weighted by atomic mass is 32.2. The molecule has 1 N–H and O–H groups in total. The summed E-state index contributed by atoms with van der Waals surface area (Å²) in [5.41, 5.74) is -1.22. The standard InChI is InChI=1S/C12H11N3O6S/c13-7-8-9(15(18)19)3-1-5-11(8)22(20,21)14-6-2-4-10(14)12(16)17/h1,3,5,10H,2,4,6H2,(H,16,17). The van der Waals surface area contributed by atoms with E-state index in [1.165, 1.54) is 6.07 Å². The van der Waals surface area contributed by atoms with E-state index in [0.717, 1.165) is 22.5 Å². The fraction of sp³-hybridized carbons (Fsp3) is 0.333. The van der Waals surface area contributed by atoms with Gasteiger partial charge in [0.25, 0.3) is 5.69 Å². The minimum Gasteiger partial charge on any atom is -0.480 e. The molecule has 1 aliphatic rings. The van der Waals surface area contributed by atoms with Gasteiger partial charge >= 0.3 is 5.97 Å². The van der Waals surface area contributed by atoms with Crippen molar-refractivity contribution in [3.63, 3.8) is 0 Å². The third kappa shape index (κ3) is 2.51. The Morgan fingerprint density at radius 1 is 1.50 bits per heavy atom. The van der Waals surface area contributed by atoms with Crippen molar-refractivity contribution in [3.05, 3.63) is 33.9 Å². The van der Waals surface area contributed by atoms with Gasteiger partial charge in [0.15, 0.2) is 0 Å². The van der Waals surface area contributed by atoms with Crippen molar-refractivity contribution in [2.45, 2.75) is 23.8 Å². The first-order valence-corrected chi connectivity index (χ1v) is 7.67. The predicted octanol–water partition coefficient (Wildman–Crippen LogP) is 0.704. The van der Waals surface area contributed by atoms with Gasteiger partial charge in [0.1, 0.15) is 22.6 Å². The molecule has 0 saturated carbocycles. The summed E-state index contributed by atoms with van der Waals surface area (Å²) < 4.78 is 26.0. The Bertz CT molecular complexity index is 783. The Hall–Kier alpha value is -2.51. The Morgan fingerprint density at radius 2 is 2.18 bits per heavy atom. The minimum absolute atomic E-state index is 0.00708. The van der Waals surface area contributed by atoms with Crippen LogP contribution in [0.25, 0.3) is 0 Å². The van der Waals surface area contributed by atoms with E-state index in [-0.39, 0.29) is 13.0 Å². The molecule has 0 spiro atoms. The van der Waals surface area contributed by atoms with Gasteiger partial charge in [-0.3, -0.25) is 14.9 Å². The third-order valence-corrected chi connectivity index (χ3v) is 5.34. The molecule has 0 radical (unpaired) electrons. The molecule has 1 saturated heterocycles. The van der Waals surface area contributed by atoms with Gasteiger partial charge in [0, 0.05) is 12.6 Å². The highest BCUT2D eigenvalue weighted by Gasteiger charge is 2.41. The van der Waals surface area contributed by atoms with Gasteiger partial charge in [-0.1, -0.05) is 6.07 Å². The molecule has 0 amide bonds. The largest absolute Gasteiger partial charge is 0.480 e. The van der Waals surface area contributed by atoms with Gasteiger partial charge in [-0.2, -0.15) is 9.57 Å². The van der Waals surface area contributed by atoms with E-state index >= 15 is 0 Å². The molecule has 1 aliphatic heterocycles. The zero-order valence-corrected chi connectivity index (χ0v) is 12.0. The molecule has 0 aliphatic carbocycles. The van der Waals surface area contributed by atoms with Crippen LogP contribution in [0.5, 0.6) is 0 Å². The number of sulfonamides is 1. The maximum atomic E-state index is 12.6. The molecule has 1 heterocycles. The first-order valence-electron chi connectivity index (χ1n) is 6.23. The van der Waals surface area contributed by atoms with Crippen LogP contribution in [0.4, 0.5) is 5.69 Å². The van der Waals surface area contributed by atoms with E-state index in [1.807, 2.05) is 0 Å². The number of carbonyl (C=O) groups is 1. The van der Waals surface area contributed by atoms with Crippen LogP contribution in [0.1, 0.15) is 18.4 Å². The number of nitriles is 1. The van der Waals surface area contributed by atoms with E-state index in [0.29, 0.717) is 6.42 Å². The summed E-state index contributed by atoms with van der Waals surface area (Å²) in [4.78, 5) is 20.7. The van der Waals surface area contributed by atoms with Crippen LogP contribution in [-0.2, 0) is 14.8 Å². The molecule has 10 heteroatoms. The molecular weight excluding hydrogens is 314 g/mol. The average Bonchev–Trinajstić information content (AvgIpc) is 2.96. The molecule has 0 aromatic heterocycles. The summed E-state index contributed by atoms with van der Waals surface area (Å²) in [6.07, 6.45) is 0.526. The fourth-order valence-corrected chi connectivity index (χ4v) is 4.21. The number of nitrogens with zero attached hydrogens (tertiary/aromatic N) is 3. The van der Waals surface area contributed by atoms with Crippen LogP contribution in [0.15, 0.2) is 23.1 Å². The summed E-state index contributed by atoms with van der Waals surface area (Å²) in [6, 6.07) is 3.54. The van der Waals surface area contributed by atoms with Crippen molar-refractivity contribution in [2.24, 2.45) is 0 Å². The summed E-state index contributed by atoms with van der Waals surface area (Å²) in [7, 11) is -4.31. The molecule has 1 aromatic carbocycles. The van der Waals surface area contributed by atoms with Crippen molar-refractivity contribution < 1.29 is 23.2 Å². The zero-order valence-electron chi connectivity index (χ0n) is 11.2. The summed E-state index contributed by atoms with van der Waals surface area (Å²) in [6.45, 7) is -0.00708. The van der Waals surface area contributed by atoms with Gasteiger partial charge in [0.2, 0.25) is 10.0 Å². The number of carboxylic acid groups (broad SMARTS) is 1. The van der Waals surface area contributed by atoms with Crippen LogP contribution < -0.4 is 0 Å². The number of rotatable bonds is 4. The van der Waals surface area contributed by atoms with Gasteiger partial charge in [0.05, 0.1) is 4.92 Å². The lowest BCUT2D eigenvalue weighted by molar-refractivity contribution is -0.385. The lowest BCUT2D eigenvalue weighted by Crippen LogP contribution is -2.40. The molecule has 1 aromatic rings. The second kappa shape index (κ2) is 5.70. The molecule has 1 atom stereocenters. The average molecular weight is 325 g/mol. The monoisotopic (exact) mass is 325 g/mol. The van der Waals surface area contributed by atoms with E-state index in [4.69, 9.17) is 10.4 Å². The fourth-order valence-electron chi connectivity index (χ4n) is 2.40. The number of hydrogen-bond donors (Lipinski definition) is 1. The summed E-state index contributed by atoms with van der Waals surface area (Å²) in [5, 5.41) is 29.1. The van der Waals surface area contributed by atoms with E-state index in [9.17, 15) is 23.3 Å². The quantitative estimate of drug-likeness (QED) is 0.634. The number of carboxylic acids is 1. The second-order valence-electron chi connectivity index (χ2n) is 4.63. The van der Waals surface area contributed by atoms with Crippen LogP contribution in [-0.4, -0.2) is 41.3 Å². The molecular formula is C12H11N3O6S. The number of hydrogen-bond acceptors (Lipinski definition) is 6. The van der Waals surface area contributed by atoms with Gasteiger partial charge in [-0.15, -0.1) is 0 Å². The summed E-state index contributed by atoms with van der Waals surface area (Å²) in [5.74, 6) is -1.29. The van der Waals surface area contributed by atoms with Crippen molar-refractivity contribution in [1.29, 1.82) is 5.26 Å². The SMILES string of the molecule is N#Cc1c([N+](=O)[O-])cccc1S(=O)(=O)N1CCCC1C(=O)O. The van der Waals surface area contributed by atoms with Crippen molar-refractivity contribution in [2.75, 3.05) is 6.54 Å². The van der Waals surface area contributed by atoms with Gasteiger partial charge < -0.3 is 5.11 Å². The molecule has 0 bridgehead atoms. The highest BCUT2D eigenvalue weighted by Crippen LogP contribution is 2.31. The molecule has 22 heavy (non-hydrogen) atoms. The summed E-state index contributed by atoms with van der Waals surface area (Å²) >= 11 is 0. The number of nitro benzene ring substituents is 1. The smallest absolute Gasteiger partial charge is 0.322 e. The number of nitro groups is 1. The van der Waals surface area contributed by atoms with Crippen molar-refractivity contribution in [3.8, 4) is 6.07 Å². The van der Waals surface area contributed by atoms with Gasteiger partial charge in [-0.05, 0) is 18.9 Å². The van der Waals surface area contributed by atoms with Crippen molar-refractivity contribution in [1.82, 2.24) is 4.31 Å². The predicted molar refractivity (Wildman–Crippen MR) is 72.4 cm³/mol. The van der Waals surface area contributed by atoms with Crippen LogP contribution in [0.2, 0.25) is 0 Å². The Labute approximate surface area is 125 Å². The van der Waals surface area contributed by atoms with E-state index < -0.39 is 43.1 Å². The maximum Gasteiger partial charge on any atom is 0.322 e. The first kappa shape index (κ1) is 15.9. The third-order valence-electron chi connectivity index (χ3n) is 3.39. The lowest BCUT2D eigenvalue weighted by Gasteiger charge is -2.21. The number of benzene rings is 1. The molecule has 2 rings (SSSR count). The zero-order chi connectivity index (χ0) is 16.5. The topological polar surface area (TPSA) is 142 Å². The van der Waals surface area contributed by atoms with Crippen LogP contribution >= 0.6 is 0 Å². The molecule has 1 fully saturated rings. The Kier molecular flexibility index (Phi) is 4.11. The minimum atomic E-state index is -4.31.